The number of aliphatic hydroxyl groups is 1. The molecule has 0 radical (unpaired) electrons. The Morgan fingerprint density at radius 1 is 0.796 bits per heavy atom. The Kier molecular flexibility index (Phi) is 18.3. The molecule has 2 fully saturated rings. The molecule has 1 heterocycles. The van der Waals surface area contributed by atoms with E-state index in [4.69, 9.17) is 14.6 Å². The predicted octanol–water partition coefficient (Wildman–Crippen LogP) is 5.21. The van der Waals surface area contributed by atoms with Crippen LogP contribution in [0.2, 0.25) is 0 Å². The number of H-pyrrole nitrogens is 1. The molecule has 5 rings (SSSR count). The Bertz CT molecular complexity index is 1560. The summed E-state index contributed by atoms with van der Waals surface area (Å²) in [6, 6.07) is 9.70. The van der Waals surface area contributed by atoms with E-state index < -0.39 is 5.97 Å². The van der Waals surface area contributed by atoms with Crippen LogP contribution in [-0.4, -0.2) is 65.6 Å². The quantitative estimate of drug-likeness (QED) is 0.0719. The molecule has 12 heteroatoms. The van der Waals surface area contributed by atoms with Gasteiger partial charge in [0.25, 0.3) is 0 Å². The molecule has 0 amide bonds. The molecule has 2 aliphatic carbocycles. The van der Waals surface area contributed by atoms with Crippen molar-refractivity contribution in [1.82, 2.24) is 10.2 Å². The zero-order valence-corrected chi connectivity index (χ0v) is 29.9. The molecule has 8 N–H and O–H groups in total. The molecule has 2 saturated carbocycles. The number of nitrogens with zero attached hydrogens (tertiary/aromatic N) is 1. The number of ketones is 2. The van der Waals surface area contributed by atoms with Crippen molar-refractivity contribution in [3.8, 4) is 11.3 Å². The smallest absolute Gasteiger partial charge is 0.338 e. The minimum Gasteiger partial charge on any atom is -0.465 e. The van der Waals surface area contributed by atoms with Gasteiger partial charge in [-0.2, -0.15) is 5.10 Å². The Labute approximate surface area is 289 Å². The van der Waals surface area contributed by atoms with Gasteiger partial charge in [-0.25, -0.2) is 9.59 Å². The molecule has 270 valence electrons. The van der Waals surface area contributed by atoms with Crippen molar-refractivity contribution < 1.29 is 39.2 Å². The van der Waals surface area contributed by atoms with E-state index in [1.165, 1.54) is 39.0 Å². The fourth-order valence-corrected chi connectivity index (χ4v) is 5.78. The average molecular weight is 683 g/mol. The second-order valence-corrected chi connectivity index (χ2v) is 11.9. The summed E-state index contributed by atoms with van der Waals surface area (Å²) >= 11 is 0. The van der Waals surface area contributed by atoms with Gasteiger partial charge in [0.1, 0.15) is 5.78 Å². The van der Waals surface area contributed by atoms with Crippen LogP contribution in [0.1, 0.15) is 136 Å². The van der Waals surface area contributed by atoms with Gasteiger partial charge in [0.05, 0.1) is 37.5 Å². The topological polar surface area (TPSA) is 219 Å². The first-order chi connectivity index (χ1) is 23.1. The highest BCUT2D eigenvalue weighted by atomic mass is 16.5. The van der Waals surface area contributed by atoms with Crippen molar-refractivity contribution >= 4 is 23.5 Å². The fourth-order valence-electron chi connectivity index (χ4n) is 5.78. The molecule has 2 aliphatic rings. The van der Waals surface area contributed by atoms with Crippen LogP contribution in [0.15, 0.2) is 30.3 Å². The number of nitrogens with two attached hydrogens (primary N) is 2. The molecule has 0 aliphatic heterocycles. The number of nitrogens with one attached hydrogen (secondary N) is 1. The van der Waals surface area contributed by atoms with Crippen LogP contribution in [0.25, 0.3) is 11.3 Å². The Morgan fingerprint density at radius 2 is 1.29 bits per heavy atom. The predicted molar refractivity (Wildman–Crippen MR) is 190 cm³/mol. The first-order valence-electron chi connectivity index (χ1n) is 16.4. The van der Waals surface area contributed by atoms with Crippen LogP contribution >= 0.6 is 0 Å². The number of methoxy groups -OCH3 is 2. The summed E-state index contributed by atoms with van der Waals surface area (Å²) < 4.78 is 9.69. The van der Waals surface area contributed by atoms with Gasteiger partial charge in [-0.1, -0.05) is 38.8 Å². The third kappa shape index (κ3) is 10.6. The minimum absolute atomic E-state index is 0. The summed E-state index contributed by atoms with van der Waals surface area (Å²) in [7, 11) is 3.74. The van der Waals surface area contributed by atoms with Crippen LogP contribution in [0.4, 0.5) is 0 Å². The summed E-state index contributed by atoms with van der Waals surface area (Å²) in [5.41, 5.74) is 8.70. The molecule has 0 atom stereocenters. The molecule has 0 saturated heterocycles. The van der Waals surface area contributed by atoms with Crippen LogP contribution in [-0.2, 0) is 20.7 Å². The van der Waals surface area contributed by atoms with Crippen LogP contribution in [0, 0.1) is 13.8 Å². The number of aromatic amines is 1. The molecule has 3 aromatic rings. The number of hydrazine groups is 1. The summed E-state index contributed by atoms with van der Waals surface area (Å²) in [5.74, 6) is 7.94. The lowest BCUT2D eigenvalue weighted by molar-refractivity contribution is -0.117. The van der Waals surface area contributed by atoms with E-state index in [-0.39, 0.29) is 29.4 Å². The Balaban J connectivity index is 0.000000437. The number of carbonyl (C=O) groups is 4. The summed E-state index contributed by atoms with van der Waals surface area (Å²) in [4.78, 5) is 47.9. The SMILES string of the molecule is CCC(=O)CC(=O)c1cc(C(=O)OC)c(C)cc1C1CCC1.CCc1cc(-c2cc(C(=O)OC)c(C)cc2C2CCC2)n[nH]1.CO.NN.O. The number of Topliss-reactive ketones (excluding diaryl/α,β-unsaturated/α-hetero) is 2. The van der Waals surface area contributed by atoms with Gasteiger partial charge < -0.3 is 20.1 Å². The van der Waals surface area contributed by atoms with Crippen LogP contribution < -0.4 is 11.7 Å². The van der Waals surface area contributed by atoms with E-state index in [2.05, 4.69) is 40.9 Å². The molecule has 2 aromatic carbocycles. The maximum absolute atomic E-state index is 12.5. The number of ether oxygens (including phenoxy) is 2. The van der Waals surface area contributed by atoms with Crippen molar-refractivity contribution in [3.05, 3.63) is 75.0 Å². The number of hydrogen-bond donors (Lipinski definition) is 4. The second kappa shape index (κ2) is 21.0. The highest BCUT2D eigenvalue weighted by molar-refractivity contribution is 6.10. The highest BCUT2D eigenvalue weighted by Gasteiger charge is 2.28. The van der Waals surface area contributed by atoms with Crippen molar-refractivity contribution in [3.63, 3.8) is 0 Å². The number of esters is 2. The van der Waals surface area contributed by atoms with Gasteiger partial charge in [-0.3, -0.25) is 26.4 Å². The zero-order valence-electron chi connectivity index (χ0n) is 29.9. The minimum atomic E-state index is -0.450. The van der Waals surface area contributed by atoms with Gasteiger partial charge in [0.2, 0.25) is 0 Å². The van der Waals surface area contributed by atoms with E-state index in [1.807, 2.05) is 26.0 Å². The lowest BCUT2D eigenvalue weighted by atomic mass is 9.76. The van der Waals surface area contributed by atoms with Gasteiger partial charge in [0, 0.05) is 30.4 Å². The average Bonchev–Trinajstić information content (AvgIpc) is 3.54. The van der Waals surface area contributed by atoms with Crippen LogP contribution in [0.5, 0.6) is 0 Å². The normalized spacial score (nSPS) is 13.3. The van der Waals surface area contributed by atoms with E-state index >= 15 is 0 Å². The standard InChI is InChI=1S/C18H22N2O2.C18H22O4.CH4O.H4N2.H2O/c1-4-13-9-17(20-19-13)16-10-14(18(21)22-3)11(2)8-15(16)12-6-5-7-12;1-4-13(19)9-17(20)16-10-14(18(21)22-3)11(2)8-15(16)12-6-5-7-12;2*1-2;/h8-10,12H,4-7H2,1-3H3,(H,19,20);8,10,12H,4-7,9H2,1-3H3;2H,1H3;1-2H2;1H2. The fraction of sp³-hybridized carbons (Fsp3) is 0.486. The van der Waals surface area contributed by atoms with Gasteiger partial charge in [0.15, 0.2) is 5.78 Å². The highest BCUT2D eigenvalue weighted by Crippen LogP contribution is 2.42. The number of hydrogen-bond acceptors (Lipinski definition) is 10. The van der Waals surface area contributed by atoms with Crippen molar-refractivity contribution in [2.24, 2.45) is 11.7 Å². The zero-order chi connectivity index (χ0) is 36.0. The first kappa shape index (κ1) is 42.8. The molecule has 49 heavy (non-hydrogen) atoms. The molecule has 12 nitrogen and oxygen atoms in total. The van der Waals surface area contributed by atoms with Crippen molar-refractivity contribution in [2.45, 2.75) is 97.3 Å². The number of rotatable bonds is 10. The number of benzene rings is 2. The Hall–Kier alpha value is -4.23. The molecular weight excluding hydrogens is 628 g/mol. The summed E-state index contributed by atoms with van der Waals surface area (Å²) in [6.45, 7) is 7.66. The largest absolute Gasteiger partial charge is 0.465 e. The molecular formula is C37H54N4O8. The summed E-state index contributed by atoms with van der Waals surface area (Å²) in [6.07, 6.45) is 8.15. The van der Waals surface area contributed by atoms with Gasteiger partial charge in [-0.05, 0) is 98.2 Å². The van der Waals surface area contributed by atoms with E-state index in [0.717, 1.165) is 66.4 Å². The van der Waals surface area contributed by atoms with E-state index in [0.29, 0.717) is 34.9 Å². The van der Waals surface area contributed by atoms with Crippen molar-refractivity contribution in [1.29, 1.82) is 0 Å². The van der Waals surface area contributed by atoms with Crippen LogP contribution in [0.3, 0.4) is 0 Å². The third-order valence-electron chi connectivity index (χ3n) is 9.03. The molecule has 0 bridgehead atoms. The third-order valence-corrected chi connectivity index (χ3v) is 9.03. The molecule has 1 aromatic heterocycles. The van der Waals surface area contributed by atoms with Gasteiger partial charge >= 0.3 is 11.9 Å². The second-order valence-electron chi connectivity index (χ2n) is 11.9. The molecule has 0 spiro atoms. The number of carbonyl (C=O) groups excluding carboxylic acids is 4. The van der Waals surface area contributed by atoms with E-state index in [1.54, 1.807) is 13.0 Å². The lowest BCUT2D eigenvalue weighted by Gasteiger charge is -2.28. The number of aliphatic hydroxyl groups excluding tert-OH is 1. The maximum atomic E-state index is 12.5. The first-order valence-corrected chi connectivity index (χ1v) is 16.4. The lowest BCUT2D eigenvalue weighted by Crippen LogP contribution is -2.18. The van der Waals surface area contributed by atoms with Gasteiger partial charge in [-0.15, -0.1) is 0 Å². The van der Waals surface area contributed by atoms with E-state index in [9.17, 15) is 19.2 Å². The number of aryl methyl sites for hydroxylation is 3. The Morgan fingerprint density at radius 3 is 1.71 bits per heavy atom. The van der Waals surface area contributed by atoms with Crippen molar-refractivity contribution in [2.75, 3.05) is 21.3 Å². The monoisotopic (exact) mass is 682 g/mol. The molecule has 0 unspecified atom stereocenters. The summed E-state index contributed by atoms with van der Waals surface area (Å²) in [5, 5.41) is 14.5. The maximum Gasteiger partial charge on any atom is 0.338 e. The number of aromatic nitrogens is 2.